The summed E-state index contributed by atoms with van der Waals surface area (Å²) in [6.45, 7) is 8.29. The van der Waals surface area contributed by atoms with Crippen molar-refractivity contribution in [3.63, 3.8) is 0 Å². The number of carbonyl (C=O) groups excluding carboxylic acids is 2. The van der Waals surface area contributed by atoms with Crippen LogP contribution < -0.4 is 5.32 Å². The Morgan fingerprint density at radius 2 is 1.58 bits per heavy atom. The average Bonchev–Trinajstić information content (AvgIpc) is 2.76. The van der Waals surface area contributed by atoms with E-state index in [2.05, 4.69) is 5.32 Å². The normalized spacial score (nSPS) is 11.8. The summed E-state index contributed by atoms with van der Waals surface area (Å²) in [7, 11) is -2.10. The second kappa shape index (κ2) is 15.8. The number of amides is 1. The first kappa shape index (κ1) is 29.1. The van der Waals surface area contributed by atoms with Crippen molar-refractivity contribution in [3.05, 3.63) is 35.9 Å². The first-order valence-corrected chi connectivity index (χ1v) is 12.4. The highest BCUT2D eigenvalue weighted by Crippen LogP contribution is 2.50. The number of esters is 1. The van der Waals surface area contributed by atoms with Crippen LogP contribution in [0.15, 0.2) is 30.3 Å². The number of benzene rings is 1. The lowest BCUT2D eigenvalue weighted by Gasteiger charge is -2.20. The van der Waals surface area contributed by atoms with Crippen LogP contribution in [0.4, 0.5) is 4.79 Å². The fraction of sp³-hybridized carbons (Fsp3) is 0.636. The minimum Gasteiger partial charge on any atom is -0.460 e. The SMILES string of the molecule is CC(C)COP(=O)(OCOC(=O)NCCN(C)CC(=O)OCc1ccccc1)OCC(C)C. The van der Waals surface area contributed by atoms with E-state index in [1.165, 1.54) is 0 Å². The topological polar surface area (TPSA) is 113 Å². The molecule has 1 aromatic carbocycles. The van der Waals surface area contributed by atoms with Gasteiger partial charge < -0.3 is 14.8 Å². The fourth-order valence-electron chi connectivity index (χ4n) is 2.22. The molecule has 1 N–H and O–H groups in total. The van der Waals surface area contributed by atoms with Crippen molar-refractivity contribution in [2.24, 2.45) is 11.8 Å². The van der Waals surface area contributed by atoms with Crippen molar-refractivity contribution >= 4 is 19.9 Å². The van der Waals surface area contributed by atoms with E-state index in [0.29, 0.717) is 6.54 Å². The molecule has 0 aromatic heterocycles. The summed E-state index contributed by atoms with van der Waals surface area (Å²) in [6, 6.07) is 9.40. The molecule has 0 aliphatic heterocycles. The molecule has 1 aromatic rings. The van der Waals surface area contributed by atoms with E-state index in [4.69, 9.17) is 23.0 Å². The molecule has 11 heteroatoms. The summed E-state index contributed by atoms with van der Waals surface area (Å²) >= 11 is 0. The van der Waals surface area contributed by atoms with E-state index >= 15 is 0 Å². The third-order valence-electron chi connectivity index (χ3n) is 3.94. The van der Waals surface area contributed by atoms with E-state index in [-0.39, 0.29) is 50.7 Å². The van der Waals surface area contributed by atoms with Gasteiger partial charge in [0.15, 0.2) is 0 Å². The molecule has 188 valence electrons. The summed E-state index contributed by atoms with van der Waals surface area (Å²) in [6.07, 6.45) is -0.755. The molecule has 1 amide bonds. The lowest BCUT2D eigenvalue weighted by molar-refractivity contribution is -0.145. The van der Waals surface area contributed by atoms with Crippen molar-refractivity contribution < 1.29 is 37.2 Å². The smallest absolute Gasteiger partial charge is 0.460 e. The van der Waals surface area contributed by atoms with Gasteiger partial charge in [-0.3, -0.25) is 18.7 Å². The van der Waals surface area contributed by atoms with Crippen molar-refractivity contribution in [1.82, 2.24) is 10.2 Å². The summed E-state index contributed by atoms with van der Waals surface area (Å²) in [4.78, 5) is 25.4. The van der Waals surface area contributed by atoms with Crippen LogP contribution in [0.3, 0.4) is 0 Å². The Balaban J connectivity index is 2.24. The Bertz CT molecular complexity index is 729. The number of alkyl carbamates (subject to hydrolysis) is 1. The summed E-state index contributed by atoms with van der Waals surface area (Å²) < 4.78 is 38.4. The quantitative estimate of drug-likeness (QED) is 0.211. The number of carbonyl (C=O) groups is 2. The number of nitrogens with zero attached hydrogens (tertiary/aromatic N) is 1. The summed E-state index contributed by atoms with van der Waals surface area (Å²) in [5.74, 6) is -0.112. The molecule has 0 atom stereocenters. The van der Waals surface area contributed by atoms with Gasteiger partial charge in [-0.25, -0.2) is 13.9 Å². The van der Waals surface area contributed by atoms with E-state index in [1.54, 1.807) is 11.9 Å². The number of hydrogen-bond donors (Lipinski definition) is 1. The largest absolute Gasteiger partial charge is 0.477 e. The number of rotatable bonds is 16. The highest BCUT2D eigenvalue weighted by Gasteiger charge is 2.28. The van der Waals surface area contributed by atoms with Gasteiger partial charge in [-0.05, 0) is 24.4 Å². The Morgan fingerprint density at radius 1 is 0.970 bits per heavy atom. The van der Waals surface area contributed by atoms with Gasteiger partial charge >= 0.3 is 19.9 Å². The van der Waals surface area contributed by atoms with Crippen LogP contribution in [-0.2, 0) is 39.0 Å². The Morgan fingerprint density at radius 3 is 2.15 bits per heavy atom. The average molecular weight is 489 g/mol. The monoisotopic (exact) mass is 488 g/mol. The zero-order chi connectivity index (χ0) is 24.7. The Kier molecular flexibility index (Phi) is 13.9. The molecule has 0 aliphatic rings. The third kappa shape index (κ3) is 14.7. The molecule has 0 radical (unpaired) electrons. The first-order valence-electron chi connectivity index (χ1n) is 10.9. The molecule has 0 unspecified atom stereocenters. The van der Waals surface area contributed by atoms with Crippen LogP contribution in [0.25, 0.3) is 0 Å². The Hall–Kier alpha value is -1.97. The maximum atomic E-state index is 12.6. The number of phosphoric acid groups is 1. The maximum Gasteiger partial charge on any atom is 0.477 e. The zero-order valence-electron chi connectivity index (χ0n) is 20.2. The lowest BCUT2D eigenvalue weighted by Crippen LogP contribution is -2.36. The van der Waals surface area contributed by atoms with E-state index in [0.717, 1.165) is 5.56 Å². The first-order chi connectivity index (χ1) is 15.6. The highest BCUT2D eigenvalue weighted by molar-refractivity contribution is 7.48. The molecular weight excluding hydrogens is 451 g/mol. The molecule has 0 bridgehead atoms. The van der Waals surface area contributed by atoms with Crippen LogP contribution in [0.5, 0.6) is 0 Å². The number of nitrogens with one attached hydrogen (secondary N) is 1. The van der Waals surface area contributed by atoms with Gasteiger partial charge in [-0.2, -0.15) is 0 Å². The molecule has 33 heavy (non-hydrogen) atoms. The van der Waals surface area contributed by atoms with Crippen LogP contribution in [-0.4, -0.2) is 63.7 Å². The van der Waals surface area contributed by atoms with E-state index in [9.17, 15) is 14.2 Å². The molecule has 0 saturated heterocycles. The maximum absolute atomic E-state index is 12.6. The predicted octanol–water partition coefficient (Wildman–Crippen LogP) is 3.82. The lowest BCUT2D eigenvalue weighted by atomic mass is 10.2. The summed E-state index contributed by atoms with van der Waals surface area (Å²) in [5, 5.41) is 2.53. The number of hydrogen-bond acceptors (Lipinski definition) is 9. The second-order valence-corrected chi connectivity index (χ2v) is 9.99. The molecular formula is C22H37N2O8P. The van der Waals surface area contributed by atoms with Gasteiger partial charge in [0, 0.05) is 13.1 Å². The third-order valence-corrected chi connectivity index (χ3v) is 5.29. The number of phosphoric ester groups is 1. The van der Waals surface area contributed by atoms with Crippen LogP contribution in [0.1, 0.15) is 33.3 Å². The molecule has 10 nitrogen and oxygen atoms in total. The van der Waals surface area contributed by atoms with Crippen LogP contribution in [0, 0.1) is 11.8 Å². The van der Waals surface area contributed by atoms with Crippen molar-refractivity contribution in [3.8, 4) is 0 Å². The predicted molar refractivity (Wildman–Crippen MR) is 123 cm³/mol. The molecule has 0 heterocycles. The standard InChI is InChI=1S/C22H37N2O8P/c1-18(2)14-30-33(27,31-15-19(3)4)32-17-29-22(26)23-11-12-24(5)13-21(25)28-16-20-9-7-6-8-10-20/h6-10,18-19H,11-17H2,1-5H3,(H,23,26). The van der Waals surface area contributed by atoms with Gasteiger partial charge in [0.25, 0.3) is 0 Å². The second-order valence-electron chi connectivity index (χ2n) is 8.32. The van der Waals surface area contributed by atoms with Gasteiger partial charge in [0.1, 0.15) is 6.61 Å². The van der Waals surface area contributed by atoms with Crippen LogP contribution in [0.2, 0.25) is 0 Å². The van der Waals surface area contributed by atoms with Gasteiger partial charge in [-0.1, -0.05) is 58.0 Å². The van der Waals surface area contributed by atoms with Crippen molar-refractivity contribution in [2.75, 3.05) is 46.7 Å². The molecule has 1 rings (SSSR count). The van der Waals surface area contributed by atoms with Gasteiger partial charge in [-0.15, -0.1) is 0 Å². The van der Waals surface area contributed by atoms with Crippen LogP contribution >= 0.6 is 7.82 Å². The molecule has 0 fully saturated rings. The minimum atomic E-state index is -3.83. The van der Waals surface area contributed by atoms with Gasteiger partial charge in [0.2, 0.25) is 6.79 Å². The zero-order valence-corrected chi connectivity index (χ0v) is 21.0. The number of likely N-dealkylation sites (N-methyl/N-ethyl adjacent to an activating group) is 1. The van der Waals surface area contributed by atoms with Gasteiger partial charge in [0.05, 0.1) is 19.8 Å². The Labute approximate surface area is 196 Å². The van der Waals surface area contributed by atoms with E-state index in [1.807, 2.05) is 58.0 Å². The summed E-state index contributed by atoms with van der Waals surface area (Å²) in [5.41, 5.74) is 0.911. The molecule has 0 spiro atoms. The minimum absolute atomic E-state index is 0.0796. The fourth-order valence-corrected chi connectivity index (χ4v) is 3.59. The van der Waals surface area contributed by atoms with E-state index < -0.39 is 20.7 Å². The van der Waals surface area contributed by atoms with Crippen molar-refractivity contribution in [2.45, 2.75) is 34.3 Å². The molecule has 0 saturated carbocycles. The highest BCUT2D eigenvalue weighted by atomic mass is 31.2. The van der Waals surface area contributed by atoms with Crippen molar-refractivity contribution in [1.29, 1.82) is 0 Å². The molecule has 0 aliphatic carbocycles. The number of ether oxygens (including phenoxy) is 2.